The Labute approximate surface area is 110 Å². The maximum absolute atomic E-state index is 4.40. The van der Waals surface area contributed by atoms with Gasteiger partial charge in [0, 0.05) is 22.7 Å². The highest BCUT2D eigenvalue weighted by Gasteiger charge is 2.15. The van der Waals surface area contributed by atoms with Gasteiger partial charge in [0.2, 0.25) is 0 Å². The van der Waals surface area contributed by atoms with Gasteiger partial charge in [0.25, 0.3) is 0 Å². The summed E-state index contributed by atoms with van der Waals surface area (Å²) < 4.78 is 0. The molecule has 1 atom stereocenters. The molecule has 3 nitrogen and oxygen atoms in total. The molecule has 0 spiro atoms. The molecule has 0 aliphatic rings. The molecule has 2 aromatic heterocycles. The molecular formula is C14H13N3S. The minimum Gasteiger partial charge on any atom is -0.309 e. The van der Waals surface area contributed by atoms with E-state index in [1.807, 2.05) is 37.1 Å². The van der Waals surface area contributed by atoms with Crippen LogP contribution in [0.25, 0.3) is 10.9 Å². The molecule has 1 unspecified atom stereocenters. The smallest absolute Gasteiger partial charge is 0.0794 e. The maximum Gasteiger partial charge on any atom is 0.0794 e. The Morgan fingerprint density at radius 1 is 1.22 bits per heavy atom. The Hall–Kier alpha value is -1.78. The van der Waals surface area contributed by atoms with Crippen LogP contribution in [0.1, 0.15) is 16.5 Å². The van der Waals surface area contributed by atoms with Crippen molar-refractivity contribution < 1.29 is 0 Å². The van der Waals surface area contributed by atoms with E-state index in [1.165, 1.54) is 15.8 Å². The number of fused-ring (bicyclic) bond motifs is 1. The zero-order valence-corrected chi connectivity index (χ0v) is 10.8. The van der Waals surface area contributed by atoms with Gasteiger partial charge in [0.15, 0.2) is 0 Å². The third-order valence-electron chi connectivity index (χ3n) is 3.02. The highest BCUT2D eigenvalue weighted by atomic mass is 32.1. The highest BCUT2D eigenvalue weighted by Crippen LogP contribution is 2.29. The zero-order chi connectivity index (χ0) is 12.4. The molecule has 0 saturated heterocycles. The molecule has 3 rings (SSSR count). The Balaban J connectivity index is 2.18. The third-order valence-corrected chi connectivity index (χ3v) is 3.86. The van der Waals surface area contributed by atoms with Crippen molar-refractivity contribution >= 4 is 22.2 Å². The summed E-state index contributed by atoms with van der Waals surface area (Å²) in [5.74, 6) is 0. The average molecular weight is 255 g/mol. The Bertz CT molecular complexity index is 644. The second-order valence-electron chi connectivity index (χ2n) is 4.04. The first kappa shape index (κ1) is 11.3. The van der Waals surface area contributed by atoms with Crippen LogP contribution < -0.4 is 5.32 Å². The van der Waals surface area contributed by atoms with Gasteiger partial charge in [-0.3, -0.25) is 9.97 Å². The molecular weight excluding hydrogens is 242 g/mol. The van der Waals surface area contributed by atoms with Crippen LogP contribution in [-0.4, -0.2) is 17.0 Å². The van der Waals surface area contributed by atoms with Crippen molar-refractivity contribution in [2.24, 2.45) is 0 Å². The van der Waals surface area contributed by atoms with Gasteiger partial charge in [0.1, 0.15) is 0 Å². The molecule has 0 bridgehead atoms. The normalized spacial score (nSPS) is 12.7. The molecule has 1 aromatic carbocycles. The lowest BCUT2D eigenvalue weighted by Gasteiger charge is -2.16. The number of aromatic nitrogens is 2. The number of thiazole rings is 1. The summed E-state index contributed by atoms with van der Waals surface area (Å²) in [6.07, 6.45) is 3.74. The quantitative estimate of drug-likeness (QED) is 0.781. The van der Waals surface area contributed by atoms with Crippen LogP contribution in [0.4, 0.5) is 0 Å². The van der Waals surface area contributed by atoms with Crippen LogP contribution in [0.2, 0.25) is 0 Å². The van der Waals surface area contributed by atoms with Gasteiger partial charge in [0.05, 0.1) is 17.1 Å². The summed E-state index contributed by atoms with van der Waals surface area (Å²) in [6, 6.07) is 10.5. The summed E-state index contributed by atoms with van der Waals surface area (Å²) in [7, 11) is 1.97. The highest BCUT2D eigenvalue weighted by molar-refractivity contribution is 7.09. The number of benzene rings is 1. The standard InChI is InChI=1S/C14H13N3S/c1-15-14(13-8-16-9-18-13)11-4-2-6-12-10(11)5-3-7-17-12/h2-9,14-15H,1H3. The molecule has 90 valence electrons. The van der Waals surface area contributed by atoms with E-state index in [1.54, 1.807) is 11.3 Å². The van der Waals surface area contributed by atoms with Crippen molar-refractivity contribution in [3.05, 3.63) is 58.7 Å². The summed E-state index contributed by atoms with van der Waals surface area (Å²) >= 11 is 1.66. The zero-order valence-electron chi connectivity index (χ0n) is 10.00. The predicted molar refractivity (Wildman–Crippen MR) is 74.8 cm³/mol. The van der Waals surface area contributed by atoms with Gasteiger partial charge >= 0.3 is 0 Å². The van der Waals surface area contributed by atoms with Crippen molar-refractivity contribution in [2.75, 3.05) is 7.05 Å². The molecule has 0 aliphatic carbocycles. The van der Waals surface area contributed by atoms with Gasteiger partial charge in [-0.15, -0.1) is 11.3 Å². The second-order valence-corrected chi connectivity index (χ2v) is 4.96. The van der Waals surface area contributed by atoms with E-state index < -0.39 is 0 Å². The van der Waals surface area contributed by atoms with Gasteiger partial charge < -0.3 is 5.32 Å². The van der Waals surface area contributed by atoms with Crippen LogP contribution in [0, 0.1) is 0 Å². The molecule has 0 fully saturated rings. The SMILES string of the molecule is CNC(c1cncs1)c1cccc2ncccc12. The van der Waals surface area contributed by atoms with Crippen molar-refractivity contribution in [1.29, 1.82) is 0 Å². The number of pyridine rings is 1. The second kappa shape index (κ2) is 4.84. The molecule has 0 aliphatic heterocycles. The summed E-state index contributed by atoms with van der Waals surface area (Å²) in [5, 5.41) is 4.54. The largest absolute Gasteiger partial charge is 0.309 e. The average Bonchev–Trinajstić information content (AvgIpc) is 2.94. The van der Waals surface area contributed by atoms with Gasteiger partial charge in [-0.05, 0) is 24.7 Å². The van der Waals surface area contributed by atoms with Crippen LogP contribution in [0.5, 0.6) is 0 Å². The van der Waals surface area contributed by atoms with Gasteiger partial charge in [-0.25, -0.2) is 0 Å². The molecule has 0 amide bonds. The van der Waals surface area contributed by atoms with Crippen molar-refractivity contribution in [3.63, 3.8) is 0 Å². The number of rotatable bonds is 3. The fourth-order valence-electron chi connectivity index (χ4n) is 2.20. The minimum atomic E-state index is 0.172. The van der Waals surface area contributed by atoms with E-state index in [2.05, 4.69) is 33.5 Å². The topological polar surface area (TPSA) is 37.8 Å². The van der Waals surface area contributed by atoms with Gasteiger partial charge in [-0.2, -0.15) is 0 Å². The lowest BCUT2D eigenvalue weighted by Crippen LogP contribution is -2.16. The lowest BCUT2D eigenvalue weighted by molar-refractivity contribution is 0.707. The Morgan fingerprint density at radius 2 is 2.17 bits per heavy atom. The number of nitrogens with one attached hydrogen (secondary N) is 1. The fourth-order valence-corrected chi connectivity index (χ4v) is 2.94. The van der Waals surface area contributed by atoms with Crippen LogP contribution in [0.15, 0.2) is 48.2 Å². The first-order valence-electron chi connectivity index (χ1n) is 5.79. The summed E-state index contributed by atoms with van der Waals surface area (Å²) in [6.45, 7) is 0. The lowest BCUT2D eigenvalue weighted by atomic mass is 10.0. The van der Waals surface area contributed by atoms with Crippen molar-refractivity contribution in [2.45, 2.75) is 6.04 Å². The van der Waals surface area contributed by atoms with E-state index in [-0.39, 0.29) is 6.04 Å². The van der Waals surface area contributed by atoms with E-state index in [9.17, 15) is 0 Å². The Morgan fingerprint density at radius 3 is 2.94 bits per heavy atom. The van der Waals surface area contributed by atoms with E-state index in [4.69, 9.17) is 0 Å². The predicted octanol–water partition coefficient (Wildman–Crippen LogP) is 3.00. The summed E-state index contributed by atoms with van der Waals surface area (Å²) in [4.78, 5) is 9.78. The number of hydrogen-bond donors (Lipinski definition) is 1. The minimum absolute atomic E-state index is 0.172. The van der Waals surface area contributed by atoms with E-state index in [0.29, 0.717) is 0 Å². The van der Waals surface area contributed by atoms with Gasteiger partial charge in [-0.1, -0.05) is 18.2 Å². The first-order valence-corrected chi connectivity index (χ1v) is 6.67. The molecule has 2 heterocycles. The van der Waals surface area contributed by atoms with E-state index >= 15 is 0 Å². The van der Waals surface area contributed by atoms with E-state index in [0.717, 1.165) is 5.52 Å². The monoisotopic (exact) mass is 255 g/mol. The van der Waals surface area contributed by atoms with Crippen LogP contribution in [-0.2, 0) is 0 Å². The molecule has 4 heteroatoms. The number of hydrogen-bond acceptors (Lipinski definition) is 4. The van der Waals surface area contributed by atoms with Crippen molar-refractivity contribution in [1.82, 2.24) is 15.3 Å². The summed E-state index contributed by atoms with van der Waals surface area (Å²) in [5.41, 5.74) is 4.13. The molecule has 0 saturated carbocycles. The molecule has 1 N–H and O–H groups in total. The van der Waals surface area contributed by atoms with Crippen molar-refractivity contribution in [3.8, 4) is 0 Å². The Kier molecular flexibility index (Phi) is 3.04. The molecule has 3 aromatic rings. The van der Waals surface area contributed by atoms with Crippen LogP contribution in [0.3, 0.4) is 0 Å². The maximum atomic E-state index is 4.40. The first-order chi connectivity index (χ1) is 8.90. The molecule has 0 radical (unpaired) electrons. The fraction of sp³-hybridized carbons (Fsp3) is 0.143. The third kappa shape index (κ3) is 1.89. The van der Waals surface area contributed by atoms with Crippen LogP contribution >= 0.6 is 11.3 Å². The molecule has 18 heavy (non-hydrogen) atoms. The number of nitrogens with zero attached hydrogens (tertiary/aromatic N) is 2.